The lowest BCUT2D eigenvalue weighted by atomic mass is 10.2. The number of benzene rings is 1. The molecule has 122 valence electrons. The number of halogens is 3. The number of nitro groups is 1. The molecule has 1 N–H and O–H groups in total. The third-order valence-corrected chi connectivity index (χ3v) is 3.48. The molecule has 23 heavy (non-hydrogen) atoms. The fourth-order valence-corrected chi connectivity index (χ4v) is 2.40. The number of hydrogen-bond acceptors (Lipinski definition) is 7. The van der Waals surface area contributed by atoms with E-state index in [9.17, 15) is 28.1 Å². The van der Waals surface area contributed by atoms with E-state index in [2.05, 4.69) is 15.5 Å². The standard InChI is InChI=1S/C10H6F3N5O4S/c11-10(12,13)4-17-9(14-15-16-17)23-7-2-1-5(18(21)22)3-6(7)8(19)20/h1-3H,4H2,(H,19,20). The minimum atomic E-state index is -4.56. The molecule has 0 bridgehead atoms. The molecule has 9 nitrogen and oxygen atoms in total. The van der Waals surface area contributed by atoms with Crippen molar-refractivity contribution in [3.8, 4) is 0 Å². The zero-order valence-electron chi connectivity index (χ0n) is 10.9. The van der Waals surface area contributed by atoms with E-state index < -0.39 is 34.9 Å². The van der Waals surface area contributed by atoms with Gasteiger partial charge < -0.3 is 5.11 Å². The first kappa shape index (κ1) is 16.7. The molecule has 0 saturated heterocycles. The van der Waals surface area contributed by atoms with Gasteiger partial charge in [-0.1, -0.05) is 0 Å². The molecule has 0 aliphatic rings. The quantitative estimate of drug-likeness (QED) is 0.642. The van der Waals surface area contributed by atoms with Crippen molar-refractivity contribution in [1.29, 1.82) is 0 Å². The predicted octanol–water partition coefficient (Wildman–Crippen LogP) is 1.99. The maximum atomic E-state index is 12.4. The zero-order valence-corrected chi connectivity index (χ0v) is 11.7. The van der Waals surface area contributed by atoms with Crippen LogP contribution in [0.5, 0.6) is 0 Å². The number of aromatic carboxylic acids is 1. The van der Waals surface area contributed by atoms with Gasteiger partial charge in [-0.15, -0.1) is 5.10 Å². The Morgan fingerprint density at radius 2 is 2.13 bits per heavy atom. The molecule has 13 heteroatoms. The Balaban J connectivity index is 2.36. The van der Waals surface area contributed by atoms with E-state index in [4.69, 9.17) is 5.11 Å². The molecule has 0 fully saturated rings. The van der Waals surface area contributed by atoms with Crippen LogP contribution in [0.4, 0.5) is 18.9 Å². The first-order valence-electron chi connectivity index (χ1n) is 5.70. The van der Waals surface area contributed by atoms with Gasteiger partial charge in [-0.05, 0) is 28.3 Å². The van der Waals surface area contributed by atoms with Gasteiger partial charge in [-0.3, -0.25) is 10.1 Å². The van der Waals surface area contributed by atoms with Crippen LogP contribution < -0.4 is 0 Å². The van der Waals surface area contributed by atoms with Crippen molar-refractivity contribution in [3.63, 3.8) is 0 Å². The average Bonchev–Trinajstić information content (AvgIpc) is 2.83. The molecule has 0 aliphatic heterocycles. The van der Waals surface area contributed by atoms with Crippen LogP contribution in [-0.2, 0) is 6.54 Å². The molecular formula is C10H6F3N5O4S. The van der Waals surface area contributed by atoms with Crippen molar-refractivity contribution >= 4 is 23.4 Å². The lowest BCUT2D eigenvalue weighted by molar-refractivity contribution is -0.384. The number of carboxylic acid groups (broad SMARTS) is 1. The molecule has 1 aromatic carbocycles. The summed E-state index contributed by atoms with van der Waals surface area (Å²) in [6.07, 6.45) is -4.56. The highest BCUT2D eigenvalue weighted by atomic mass is 32.2. The second-order valence-corrected chi connectivity index (χ2v) is 5.09. The number of tetrazole rings is 1. The van der Waals surface area contributed by atoms with Crippen LogP contribution in [0.15, 0.2) is 28.3 Å². The average molecular weight is 349 g/mol. The van der Waals surface area contributed by atoms with Crippen molar-refractivity contribution < 1.29 is 28.0 Å². The van der Waals surface area contributed by atoms with Crippen LogP contribution in [0.2, 0.25) is 0 Å². The number of non-ortho nitro benzene ring substituents is 1. The summed E-state index contributed by atoms with van der Waals surface area (Å²) < 4.78 is 37.6. The largest absolute Gasteiger partial charge is 0.478 e. The van der Waals surface area contributed by atoms with Gasteiger partial charge in [-0.25, -0.2) is 9.48 Å². The number of aromatic nitrogens is 4. The Morgan fingerprint density at radius 1 is 1.43 bits per heavy atom. The van der Waals surface area contributed by atoms with Gasteiger partial charge in [-0.2, -0.15) is 13.2 Å². The molecule has 0 atom stereocenters. The molecule has 0 spiro atoms. The zero-order chi connectivity index (χ0) is 17.2. The van der Waals surface area contributed by atoms with E-state index in [0.29, 0.717) is 16.4 Å². The van der Waals surface area contributed by atoms with E-state index in [-0.39, 0.29) is 10.1 Å². The highest BCUT2D eigenvalue weighted by Crippen LogP contribution is 2.32. The molecule has 0 radical (unpaired) electrons. The maximum absolute atomic E-state index is 12.4. The van der Waals surface area contributed by atoms with E-state index in [1.165, 1.54) is 0 Å². The topological polar surface area (TPSA) is 124 Å². The normalized spacial score (nSPS) is 11.4. The molecule has 2 rings (SSSR count). The van der Waals surface area contributed by atoms with Crippen LogP contribution in [-0.4, -0.2) is 42.4 Å². The summed E-state index contributed by atoms with van der Waals surface area (Å²) in [6, 6.07) is 2.95. The summed E-state index contributed by atoms with van der Waals surface area (Å²) in [7, 11) is 0. The summed E-state index contributed by atoms with van der Waals surface area (Å²) in [5.74, 6) is -1.47. The summed E-state index contributed by atoms with van der Waals surface area (Å²) in [4.78, 5) is 21.0. The van der Waals surface area contributed by atoms with Crippen molar-refractivity contribution in [2.75, 3.05) is 0 Å². The number of nitrogens with zero attached hydrogens (tertiary/aromatic N) is 5. The molecule has 0 saturated carbocycles. The summed E-state index contributed by atoms with van der Waals surface area (Å²) >= 11 is 0.560. The SMILES string of the molecule is O=C(O)c1cc([N+](=O)[O-])ccc1Sc1nnnn1CC(F)(F)F. The molecule has 1 heterocycles. The van der Waals surface area contributed by atoms with E-state index in [1.807, 2.05) is 0 Å². The van der Waals surface area contributed by atoms with Gasteiger partial charge in [0.05, 0.1) is 10.5 Å². The van der Waals surface area contributed by atoms with Crippen LogP contribution in [0.3, 0.4) is 0 Å². The number of alkyl halides is 3. The van der Waals surface area contributed by atoms with Gasteiger partial charge in [0.2, 0.25) is 5.16 Å². The molecule has 2 aromatic rings. The van der Waals surface area contributed by atoms with E-state index >= 15 is 0 Å². The minimum Gasteiger partial charge on any atom is -0.478 e. The van der Waals surface area contributed by atoms with E-state index in [1.54, 1.807) is 0 Å². The number of carbonyl (C=O) groups is 1. The summed E-state index contributed by atoms with van der Waals surface area (Å²) in [5, 5.41) is 29.1. The minimum absolute atomic E-state index is 0.0266. The summed E-state index contributed by atoms with van der Waals surface area (Å²) in [5.41, 5.74) is -0.896. The highest BCUT2D eigenvalue weighted by Gasteiger charge is 2.30. The Morgan fingerprint density at radius 3 is 2.70 bits per heavy atom. The number of rotatable bonds is 5. The monoisotopic (exact) mass is 349 g/mol. The van der Waals surface area contributed by atoms with Gasteiger partial charge in [0.1, 0.15) is 6.54 Å². The Labute approximate surface area is 129 Å². The Hall–Kier alpha value is -2.70. The lowest BCUT2D eigenvalue weighted by Crippen LogP contribution is -2.19. The second-order valence-electron chi connectivity index (χ2n) is 4.08. The smallest absolute Gasteiger partial charge is 0.408 e. The molecule has 0 amide bonds. The van der Waals surface area contributed by atoms with Crippen molar-refractivity contribution in [2.45, 2.75) is 22.8 Å². The van der Waals surface area contributed by atoms with Crippen molar-refractivity contribution in [1.82, 2.24) is 20.2 Å². The lowest BCUT2D eigenvalue weighted by Gasteiger charge is -2.08. The summed E-state index contributed by atoms with van der Waals surface area (Å²) in [6.45, 7) is -1.45. The second kappa shape index (κ2) is 6.20. The first-order chi connectivity index (χ1) is 10.7. The molecule has 0 aliphatic carbocycles. The van der Waals surface area contributed by atoms with Crippen molar-refractivity contribution in [2.24, 2.45) is 0 Å². The number of carboxylic acids is 1. The first-order valence-corrected chi connectivity index (χ1v) is 6.51. The third kappa shape index (κ3) is 4.15. The van der Waals surface area contributed by atoms with E-state index in [0.717, 1.165) is 18.2 Å². The fraction of sp³-hybridized carbons (Fsp3) is 0.200. The van der Waals surface area contributed by atoms with Crippen LogP contribution in [0.25, 0.3) is 0 Å². The van der Waals surface area contributed by atoms with Gasteiger partial charge in [0.25, 0.3) is 5.69 Å². The Kier molecular flexibility index (Phi) is 4.49. The third-order valence-electron chi connectivity index (χ3n) is 2.43. The van der Waals surface area contributed by atoms with Crippen LogP contribution >= 0.6 is 11.8 Å². The number of nitro benzene ring substituents is 1. The molecular weight excluding hydrogens is 343 g/mol. The fourth-order valence-electron chi connectivity index (χ4n) is 1.52. The van der Waals surface area contributed by atoms with Gasteiger partial charge in [0, 0.05) is 17.0 Å². The molecule has 0 unspecified atom stereocenters. The van der Waals surface area contributed by atoms with Gasteiger partial charge in [0.15, 0.2) is 0 Å². The Bertz CT molecular complexity index is 763. The predicted molar refractivity (Wildman–Crippen MR) is 68.1 cm³/mol. The van der Waals surface area contributed by atoms with Gasteiger partial charge >= 0.3 is 12.1 Å². The molecule has 1 aromatic heterocycles. The van der Waals surface area contributed by atoms with Crippen LogP contribution in [0.1, 0.15) is 10.4 Å². The van der Waals surface area contributed by atoms with Crippen LogP contribution in [0, 0.1) is 10.1 Å². The maximum Gasteiger partial charge on any atom is 0.408 e. The number of hydrogen-bond donors (Lipinski definition) is 1. The highest BCUT2D eigenvalue weighted by molar-refractivity contribution is 7.99. The van der Waals surface area contributed by atoms with Crippen molar-refractivity contribution in [3.05, 3.63) is 33.9 Å².